The molecule has 1 heterocycles. The van der Waals surface area contributed by atoms with E-state index in [9.17, 15) is 18.4 Å². The minimum Gasteiger partial charge on any atom is -0.480 e. The third-order valence-electron chi connectivity index (χ3n) is 3.40. The molecule has 2 unspecified atom stereocenters. The van der Waals surface area contributed by atoms with Crippen molar-refractivity contribution in [1.82, 2.24) is 4.90 Å². The summed E-state index contributed by atoms with van der Waals surface area (Å²) in [6, 6.07) is 2.44. The summed E-state index contributed by atoms with van der Waals surface area (Å²) in [4.78, 5) is 24.8. The Labute approximate surface area is 125 Å². The van der Waals surface area contributed by atoms with Gasteiger partial charge in [0.1, 0.15) is 17.7 Å². The number of carbonyl (C=O) groups excluding carboxylic acids is 1. The summed E-state index contributed by atoms with van der Waals surface area (Å²) < 4.78 is 27.2. The van der Waals surface area contributed by atoms with Gasteiger partial charge in [-0.15, -0.1) is 11.8 Å². The second-order valence-electron chi connectivity index (χ2n) is 4.73. The SMILES string of the molecule is CCC1SCC(C(=O)O)N1C(=O)Cc1c(F)cccc1F. The average Bonchev–Trinajstić information content (AvgIpc) is 2.87. The summed E-state index contributed by atoms with van der Waals surface area (Å²) in [5.74, 6) is -2.96. The number of nitrogens with zero attached hydrogens (tertiary/aromatic N) is 1. The van der Waals surface area contributed by atoms with E-state index in [0.29, 0.717) is 12.2 Å². The van der Waals surface area contributed by atoms with Crippen molar-refractivity contribution in [3.63, 3.8) is 0 Å². The second kappa shape index (κ2) is 6.43. The van der Waals surface area contributed by atoms with E-state index in [1.165, 1.54) is 22.7 Å². The molecule has 0 aromatic heterocycles. The van der Waals surface area contributed by atoms with E-state index in [1.807, 2.05) is 6.92 Å². The predicted octanol–water partition coefficient (Wildman–Crippen LogP) is 2.27. The van der Waals surface area contributed by atoms with Gasteiger partial charge in [0.15, 0.2) is 0 Å². The molecule has 7 heteroatoms. The standard InChI is InChI=1S/C14H15F2NO3S/c1-2-13-17(11(7-21-13)14(19)20)12(18)6-8-9(15)4-3-5-10(8)16/h3-5,11,13H,2,6-7H2,1H3,(H,19,20). The van der Waals surface area contributed by atoms with Crippen LogP contribution in [-0.4, -0.2) is 39.1 Å². The molecule has 21 heavy (non-hydrogen) atoms. The van der Waals surface area contributed by atoms with Crippen molar-refractivity contribution in [3.8, 4) is 0 Å². The van der Waals surface area contributed by atoms with Crippen LogP contribution in [0, 0.1) is 11.6 Å². The van der Waals surface area contributed by atoms with Gasteiger partial charge in [0, 0.05) is 11.3 Å². The van der Waals surface area contributed by atoms with Crippen molar-refractivity contribution in [3.05, 3.63) is 35.4 Å². The van der Waals surface area contributed by atoms with Crippen LogP contribution in [0.15, 0.2) is 18.2 Å². The maximum absolute atomic E-state index is 13.6. The number of carboxylic acids is 1. The molecule has 1 aromatic carbocycles. The van der Waals surface area contributed by atoms with Crippen LogP contribution in [-0.2, 0) is 16.0 Å². The van der Waals surface area contributed by atoms with Gasteiger partial charge in [0.25, 0.3) is 0 Å². The predicted molar refractivity (Wildman–Crippen MR) is 74.9 cm³/mol. The summed E-state index contributed by atoms with van der Waals surface area (Å²) in [6.45, 7) is 1.84. The lowest BCUT2D eigenvalue weighted by Crippen LogP contribution is -2.46. The molecular formula is C14H15F2NO3S. The highest BCUT2D eigenvalue weighted by atomic mass is 32.2. The fraction of sp³-hybridized carbons (Fsp3) is 0.429. The molecule has 4 nitrogen and oxygen atoms in total. The molecule has 2 atom stereocenters. The molecule has 114 valence electrons. The molecule has 0 aliphatic carbocycles. The molecule has 2 rings (SSSR count). The Balaban J connectivity index is 2.23. The third kappa shape index (κ3) is 3.18. The van der Waals surface area contributed by atoms with E-state index in [1.54, 1.807) is 0 Å². The number of hydrogen-bond donors (Lipinski definition) is 1. The van der Waals surface area contributed by atoms with Gasteiger partial charge in [-0.2, -0.15) is 0 Å². The van der Waals surface area contributed by atoms with Crippen molar-refractivity contribution in [1.29, 1.82) is 0 Å². The molecule has 0 radical (unpaired) electrons. The van der Waals surface area contributed by atoms with Crippen LogP contribution in [0.3, 0.4) is 0 Å². The number of hydrogen-bond acceptors (Lipinski definition) is 3. The molecule has 0 bridgehead atoms. The molecule has 1 fully saturated rings. The van der Waals surface area contributed by atoms with E-state index >= 15 is 0 Å². The van der Waals surface area contributed by atoms with Gasteiger partial charge in [-0.05, 0) is 18.6 Å². The van der Waals surface area contributed by atoms with Crippen molar-refractivity contribution >= 4 is 23.6 Å². The monoisotopic (exact) mass is 315 g/mol. The number of benzene rings is 1. The van der Waals surface area contributed by atoms with Crippen molar-refractivity contribution in [2.45, 2.75) is 31.2 Å². The lowest BCUT2D eigenvalue weighted by Gasteiger charge is -2.26. The number of halogens is 2. The number of rotatable bonds is 4. The Morgan fingerprint density at radius 2 is 2.00 bits per heavy atom. The molecule has 0 spiro atoms. The minimum atomic E-state index is -1.10. The van der Waals surface area contributed by atoms with Crippen LogP contribution in [0.25, 0.3) is 0 Å². The van der Waals surface area contributed by atoms with Crippen LogP contribution in [0.4, 0.5) is 8.78 Å². The Hall–Kier alpha value is -1.63. The fourth-order valence-electron chi connectivity index (χ4n) is 2.35. The van der Waals surface area contributed by atoms with Crippen LogP contribution >= 0.6 is 11.8 Å². The van der Waals surface area contributed by atoms with Gasteiger partial charge in [-0.1, -0.05) is 13.0 Å². The van der Waals surface area contributed by atoms with E-state index in [0.717, 1.165) is 12.1 Å². The maximum Gasteiger partial charge on any atom is 0.327 e. The van der Waals surface area contributed by atoms with E-state index in [-0.39, 0.29) is 10.9 Å². The topological polar surface area (TPSA) is 57.6 Å². The van der Waals surface area contributed by atoms with Crippen LogP contribution in [0.2, 0.25) is 0 Å². The first kappa shape index (κ1) is 15.8. The molecule has 1 aliphatic heterocycles. The van der Waals surface area contributed by atoms with Crippen LogP contribution < -0.4 is 0 Å². The normalized spacial score (nSPS) is 21.6. The van der Waals surface area contributed by atoms with Gasteiger partial charge in [-0.25, -0.2) is 13.6 Å². The van der Waals surface area contributed by atoms with Crippen molar-refractivity contribution < 1.29 is 23.5 Å². The lowest BCUT2D eigenvalue weighted by molar-refractivity contribution is -0.148. The molecule has 1 aliphatic rings. The summed E-state index contributed by atoms with van der Waals surface area (Å²) in [6.07, 6.45) is 0.110. The van der Waals surface area contributed by atoms with Crippen molar-refractivity contribution in [2.75, 3.05) is 5.75 Å². The lowest BCUT2D eigenvalue weighted by atomic mass is 10.1. The Morgan fingerprint density at radius 1 is 1.38 bits per heavy atom. The van der Waals surface area contributed by atoms with Gasteiger partial charge in [0.2, 0.25) is 5.91 Å². The largest absolute Gasteiger partial charge is 0.480 e. The highest BCUT2D eigenvalue weighted by molar-refractivity contribution is 8.00. The number of thioether (sulfide) groups is 1. The van der Waals surface area contributed by atoms with E-state index in [4.69, 9.17) is 5.11 Å². The fourth-order valence-corrected chi connectivity index (χ4v) is 3.71. The molecule has 0 saturated carbocycles. The van der Waals surface area contributed by atoms with Gasteiger partial charge < -0.3 is 10.0 Å². The quantitative estimate of drug-likeness (QED) is 0.926. The second-order valence-corrected chi connectivity index (χ2v) is 5.94. The minimum absolute atomic E-state index is 0.270. The zero-order valence-electron chi connectivity index (χ0n) is 11.4. The summed E-state index contributed by atoms with van der Waals surface area (Å²) >= 11 is 1.37. The third-order valence-corrected chi connectivity index (χ3v) is 4.86. The number of carboxylic acid groups (broad SMARTS) is 1. The van der Waals surface area contributed by atoms with E-state index in [2.05, 4.69) is 0 Å². The Bertz CT molecular complexity index is 547. The molecule has 1 amide bonds. The van der Waals surface area contributed by atoms with Gasteiger partial charge >= 0.3 is 5.97 Å². The zero-order valence-corrected chi connectivity index (χ0v) is 12.2. The number of carbonyl (C=O) groups is 2. The molecule has 1 aromatic rings. The van der Waals surface area contributed by atoms with Gasteiger partial charge in [-0.3, -0.25) is 4.79 Å². The van der Waals surface area contributed by atoms with Gasteiger partial charge in [0.05, 0.1) is 11.8 Å². The first-order chi connectivity index (χ1) is 9.95. The average molecular weight is 315 g/mol. The molecule has 1 N–H and O–H groups in total. The number of aliphatic carboxylic acids is 1. The summed E-state index contributed by atoms with van der Waals surface area (Å²) in [5.41, 5.74) is -0.321. The molecular weight excluding hydrogens is 300 g/mol. The Morgan fingerprint density at radius 3 is 2.52 bits per heavy atom. The van der Waals surface area contributed by atoms with Crippen LogP contribution in [0.1, 0.15) is 18.9 Å². The first-order valence-electron chi connectivity index (χ1n) is 6.54. The summed E-state index contributed by atoms with van der Waals surface area (Å²) in [7, 11) is 0. The number of amides is 1. The Kier molecular flexibility index (Phi) is 4.82. The highest BCUT2D eigenvalue weighted by Gasteiger charge is 2.40. The summed E-state index contributed by atoms with van der Waals surface area (Å²) in [5, 5.41) is 8.90. The highest BCUT2D eigenvalue weighted by Crippen LogP contribution is 2.32. The maximum atomic E-state index is 13.6. The van der Waals surface area contributed by atoms with E-state index < -0.39 is 36.0 Å². The smallest absolute Gasteiger partial charge is 0.327 e. The zero-order chi connectivity index (χ0) is 15.6. The van der Waals surface area contributed by atoms with Crippen molar-refractivity contribution in [2.24, 2.45) is 0 Å². The van der Waals surface area contributed by atoms with Crippen LogP contribution in [0.5, 0.6) is 0 Å². The molecule has 1 saturated heterocycles. The first-order valence-corrected chi connectivity index (χ1v) is 7.59.